The highest BCUT2D eigenvalue weighted by Gasteiger charge is 2.07. The molecule has 2 aromatic rings. The molecule has 0 saturated carbocycles. The van der Waals surface area contributed by atoms with Crippen LogP contribution in [0.15, 0.2) is 41.8 Å². The topological polar surface area (TPSA) is 64.6 Å². The number of ether oxygens (including phenoxy) is 2. The van der Waals surface area contributed by atoms with E-state index in [2.05, 4.69) is 10.1 Å². The summed E-state index contributed by atoms with van der Waals surface area (Å²) in [6, 6.07) is 10.4. The molecule has 6 heteroatoms. The first-order chi connectivity index (χ1) is 10.2. The maximum atomic E-state index is 11.7. The molecular weight excluding hydrogens is 290 g/mol. The van der Waals surface area contributed by atoms with Crippen molar-refractivity contribution in [3.8, 4) is 5.75 Å². The Kier molecular flexibility index (Phi) is 5.34. The fourth-order valence-electron chi connectivity index (χ4n) is 1.63. The Morgan fingerprint density at radius 1 is 1.24 bits per heavy atom. The van der Waals surface area contributed by atoms with Crippen LogP contribution in [0.25, 0.3) is 0 Å². The van der Waals surface area contributed by atoms with Crippen molar-refractivity contribution in [3.05, 3.63) is 52.2 Å². The van der Waals surface area contributed by atoms with Gasteiger partial charge in [0.1, 0.15) is 5.75 Å². The van der Waals surface area contributed by atoms with Gasteiger partial charge in [-0.05, 0) is 29.6 Å². The lowest BCUT2D eigenvalue weighted by atomic mass is 10.2. The summed E-state index contributed by atoms with van der Waals surface area (Å²) in [5.74, 6) is -0.210. The molecule has 0 saturated heterocycles. The molecular formula is C15H15NO4S. The molecule has 0 aliphatic heterocycles. The number of carbonyl (C=O) groups excluding carboxylic acids is 2. The van der Waals surface area contributed by atoms with Gasteiger partial charge in [-0.3, -0.25) is 4.79 Å². The summed E-state index contributed by atoms with van der Waals surface area (Å²) in [5, 5.41) is 4.71. The first kappa shape index (κ1) is 15.1. The van der Waals surface area contributed by atoms with Crippen LogP contribution < -0.4 is 10.1 Å². The SMILES string of the molecule is COC(=O)c1cccc(OCC(=O)NCc2cccs2)c1. The zero-order valence-corrected chi connectivity index (χ0v) is 12.3. The van der Waals surface area contributed by atoms with Crippen LogP contribution in [0.3, 0.4) is 0 Å². The van der Waals surface area contributed by atoms with Crippen LogP contribution in [0.4, 0.5) is 0 Å². The van der Waals surface area contributed by atoms with Crippen molar-refractivity contribution in [1.82, 2.24) is 5.32 Å². The first-order valence-electron chi connectivity index (χ1n) is 6.29. The molecule has 0 radical (unpaired) electrons. The van der Waals surface area contributed by atoms with E-state index in [0.29, 0.717) is 17.9 Å². The molecule has 0 fully saturated rings. The lowest BCUT2D eigenvalue weighted by Crippen LogP contribution is -2.28. The van der Waals surface area contributed by atoms with Crippen molar-refractivity contribution in [3.63, 3.8) is 0 Å². The van der Waals surface area contributed by atoms with Gasteiger partial charge >= 0.3 is 5.97 Å². The Morgan fingerprint density at radius 3 is 2.81 bits per heavy atom. The molecule has 0 bridgehead atoms. The molecule has 1 heterocycles. The lowest BCUT2D eigenvalue weighted by Gasteiger charge is -2.07. The third-order valence-corrected chi connectivity index (χ3v) is 3.54. The van der Waals surface area contributed by atoms with Gasteiger partial charge in [-0.15, -0.1) is 11.3 Å². The van der Waals surface area contributed by atoms with E-state index in [1.165, 1.54) is 7.11 Å². The molecule has 110 valence electrons. The molecule has 1 aromatic heterocycles. The van der Waals surface area contributed by atoms with E-state index in [-0.39, 0.29) is 12.5 Å². The summed E-state index contributed by atoms with van der Waals surface area (Å²) in [6.45, 7) is 0.387. The third kappa shape index (κ3) is 4.61. The molecule has 0 aliphatic rings. The van der Waals surface area contributed by atoms with Gasteiger partial charge in [0.2, 0.25) is 0 Å². The molecule has 1 aromatic carbocycles. The van der Waals surface area contributed by atoms with Crippen molar-refractivity contribution >= 4 is 23.2 Å². The number of rotatable bonds is 6. The van der Waals surface area contributed by atoms with Crippen LogP contribution in [0.5, 0.6) is 5.75 Å². The monoisotopic (exact) mass is 305 g/mol. The summed E-state index contributed by atoms with van der Waals surface area (Å²) in [6.07, 6.45) is 0. The molecule has 0 atom stereocenters. The van der Waals surface area contributed by atoms with Gasteiger partial charge in [-0.1, -0.05) is 12.1 Å². The number of amides is 1. The molecule has 5 nitrogen and oxygen atoms in total. The molecule has 2 rings (SSSR count). The minimum Gasteiger partial charge on any atom is -0.484 e. The van der Waals surface area contributed by atoms with E-state index < -0.39 is 5.97 Å². The van der Waals surface area contributed by atoms with Crippen LogP contribution in [-0.2, 0) is 16.1 Å². The highest BCUT2D eigenvalue weighted by Crippen LogP contribution is 2.14. The zero-order valence-electron chi connectivity index (χ0n) is 11.5. The maximum Gasteiger partial charge on any atom is 0.337 e. The van der Waals surface area contributed by atoms with E-state index in [4.69, 9.17) is 4.74 Å². The maximum absolute atomic E-state index is 11.7. The smallest absolute Gasteiger partial charge is 0.337 e. The van der Waals surface area contributed by atoms with Crippen LogP contribution in [0.2, 0.25) is 0 Å². The summed E-state index contributed by atoms with van der Waals surface area (Å²) in [5.41, 5.74) is 0.383. The second-order valence-electron chi connectivity index (χ2n) is 4.16. The standard InChI is InChI=1S/C15H15NO4S/c1-19-15(18)11-4-2-5-12(8-11)20-10-14(17)16-9-13-6-3-7-21-13/h2-8H,9-10H2,1H3,(H,16,17). The Labute approximate surface area is 126 Å². The van der Waals surface area contributed by atoms with Gasteiger partial charge in [-0.2, -0.15) is 0 Å². The number of nitrogens with one attached hydrogen (secondary N) is 1. The van der Waals surface area contributed by atoms with Gasteiger partial charge in [0.25, 0.3) is 5.91 Å². The number of esters is 1. The summed E-state index contributed by atoms with van der Waals surface area (Å²) in [4.78, 5) is 24.1. The quantitative estimate of drug-likeness (QED) is 0.831. The Morgan fingerprint density at radius 2 is 2.10 bits per heavy atom. The summed E-state index contributed by atoms with van der Waals surface area (Å²) < 4.78 is 9.98. The van der Waals surface area contributed by atoms with Crippen LogP contribution in [0, 0.1) is 0 Å². The van der Waals surface area contributed by atoms with Crippen molar-refractivity contribution < 1.29 is 19.1 Å². The third-order valence-electron chi connectivity index (χ3n) is 2.66. The molecule has 1 amide bonds. The zero-order chi connectivity index (χ0) is 15.1. The van der Waals surface area contributed by atoms with E-state index in [9.17, 15) is 9.59 Å². The largest absolute Gasteiger partial charge is 0.484 e. The van der Waals surface area contributed by atoms with E-state index in [1.807, 2.05) is 17.5 Å². The van der Waals surface area contributed by atoms with Gasteiger partial charge in [0, 0.05) is 4.88 Å². The minimum atomic E-state index is -0.442. The molecule has 0 unspecified atom stereocenters. The minimum absolute atomic E-state index is 0.101. The number of carbonyl (C=O) groups is 2. The fourth-order valence-corrected chi connectivity index (χ4v) is 2.27. The van der Waals surface area contributed by atoms with Gasteiger partial charge in [0.05, 0.1) is 19.2 Å². The Bertz CT molecular complexity index is 610. The molecule has 1 N–H and O–H groups in total. The second kappa shape index (κ2) is 7.44. The number of hydrogen-bond acceptors (Lipinski definition) is 5. The number of methoxy groups -OCH3 is 1. The summed E-state index contributed by atoms with van der Waals surface area (Å²) >= 11 is 1.58. The number of hydrogen-bond donors (Lipinski definition) is 1. The van der Waals surface area contributed by atoms with Crippen molar-refractivity contribution in [1.29, 1.82) is 0 Å². The van der Waals surface area contributed by atoms with Gasteiger partial charge in [0.15, 0.2) is 6.61 Å². The Balaban J connectivity index is 1.82. The van der Waals surface area contributed by atoms with Crippen molar-refractivity contribution in [2.45, 2.75) is 6.54 Å². The van der Waals surface area contributed by atoms with Gasteiger partial charge in [-0.25, -0.2) is 4.79 Å². The Hall–Kier alpha value is -2.34. The number of benzene rings is 1. The second-order valence-corrected chi connectivity index (χ2v) is 5.20. The molecule has 0 aliphatic carbocycles. The fraction of sp³-hybridized carbons (Fsp3) is 0.200. The van der Waals surface area contributed by atoms with E-state index >= 15 is 0 Å². The average molecular weight is 305 g/mol. The van der Waals surface area contributed by atoms with E-state index in [0.717, 1.165) is 4.88 Å². The predicted molar refractivity (Wildman–Crippen MR) is 79.4 cm³/mol. The normalized spacial score (nSPS) is 9.95. The van der Waals surface area contributed by atoms with Crippen LogP contribution in [-0.4, -0.2) is 25.6 Å². The highest BCUT2D eigenvalue weighted by molar-refractivity contribution is 7.09. The predicted octanol–water partition coefficient (Wildman–Crippen LogP) is 2.23. The van der Waals surface area contributed by atoms with Crippen molar-refractivity contribution in [2.24, 2.45) is 0 Å². The molecule has 0 spiro atoms. The van der Waals surface area contributed by atoms with Crippen LogP contribution in [0.1, 0.15) is 15.2 Å². The first-order valence-corrected chi connectivity index (χ1v) is 7.17. The molecule has 21 heavy (non-hydrogen) atoms. The van der Waals surface area contributed by atoms with Crippen LogP contribution >= 0.6 is 11.3 Å². The van der Waals surface area contributed by atoms with E-state index in [1.54, 1.807) is 35.6 Å². The van der Waals surface area contributed by atoms with Gasteiger partial charge < -0.3 is 14.8 Å². The lowest BCUT2D eigenvalue weighted by molar-refractivity contribution is -0.123. The number of thiophene rings is 1. The highest BCUT2D eigenvalue weighted by atomic mass is 32.1. The van der Waals surface area contributed by atoms with Crippen molar-refractivity contribution in [2.75, 3.05) is 13.7 Å². The average Bonchev–Trinajstić information content (AvgIpc) is 3.04. The summed E-state index contributed by atoms with van der Waals surface area (Å²) in [7, 11) is 1.31.